The molecule has 0 aliphatic rings. The number of hydrogen-bond acceptors (Lipinski definition) is 6. The van der Waals surface area contributed by atoms with Crippen molar-refractivity contribution in [3.63, 3.8) is 0 Å². The Morgan fingerprint density at radius 2 is 1.90 bits per heavy atom. The van der Waals surface area contributed by atoms with Gasteiger partial charge in [0.2, 0.25) is 5.95 Å². The van der Waals surface area contributed by atoms with Gasteiger partial charge in [0.1, 0.15) is 5.82 Å². The monoisotopic (exact) mass is 413 g/mol. The molecule has 0 spiro atoms. The van der Waals surface area contributed by atoms with E-state index in [1.54, 1.807) is 25.1 Å². The molecular weight excluding hydrogens is 399 g/mol. The molecule has 30 heavy (non-hydrogen) atoms. The zero-order valence-electron chi connectivity index (χ0n) is 15.8. The Morgan fingerprint density at radius 1 is 1.17 bits per heavy atom. The summed E-state index contributed by atoms with van der Waals surface area (Å²) < 4.78 is 44.0. The smallest absolute Gasteiger partial charge is 0.289 e. The number of carbonyl (C=O) groups is 1. The Labute approximate surface area is 167 Å². The van der Waals surface area contributed by atoms with Gasteiger partial charge in [0, 0.05) is 24.2 Å². The molecule has 2 heterocycles. The summed E-state index contributed by atoms with van der Waals surface area (Å²) in [6.45, 7) is 1.59. The fraction of sp³-hybridized carbons (Fsp3) is 0.158. The minimum atomic E-state index is -4.83. The van der Waals surface area contributed by atoms with E-state index in [1.807, 2.05) is 0 Å². The van der Waals surface area contributed by atoms with E-state index < -0.39 is 23.2 Å². The van der Waals surface area contributed by atoms with Crippen LogP contribution in [-0.2, 0) is 13.2 Å². The van der Waals surface area contributed by atoms with Gasteiger partial charge in [-0.15, -0.1) is 0 Å². The van der Waals surface area contributed by atoms with Crippen LogP contribution in [0.15, 0.2) is 42.6 Å². The predicted molar refractivity (Wildman–Crippen MR) is 101 cm³/mol. The van der Waals surface area contributed by atoms with Crippen LogP contribution in [0.1, 0.15) is 21.7 Å². The maximum atomic E-state index is 14.3. The van der Waals surface area contributed by atoms with E-state index in [9.17, 15) is 18.0 Å². The van der Waals surface area contributed by atoms with E-state index in [0.717, 1.165) is 10.7 Å². The van der Waals surface area contributed by atoms with E-state index in [-0.39, 0.29) is 22.6 Å². The highest BCUT2D eigenvalue weighted by atomic mass is 19.4. The van der Waals surface area contributed by atoms with Gasteiger partial charge < -0.3 is 0 Å². The maximum Gasteiger partial charge on any atom is 0.417 e. The minimum absolute atomic E-state index is 0.0883. The lowest BCUT2D eigenvalue weighted by Crippen LogP contribution is -2.22. The lowest BCUT2D eigenvalue weighted by Gasteiger charge is -2.19. The van der Waals surface area contributed by atoms with Crippen molar-refractivity contribution in [1.82, 2.24) is 30.2 Å². The van der Waals surface area contributed by atoms with Gasteiger partial charge in [-0.05, 0) is 29.0 Å². The third-order valence-electron chi connectivity index (χ3n) is 4.43. The summed E-state index contributed by atoms with van der Waals surface area (Å²) in [5.41, 5.74) is -1.47. The van der Waals surface area contributed by atoms with Crippen molar-refractivity contribution in [3.05, 3.63) is 59.5 Å². The van der Waals surface area contributed by atoms with Gasteiger partial charge in [-0.25, -0.2) is 14.6 Å². The number of nitrogens with one attached hydrogen (secondary N) is 1. The van der Waals surface area contributed by atoms with Crippen LogP contribution < -0.4 is 5.32 Å². The standard InChI is InChI=1S/C19H14F3N7O/c1-10-23-9-12-8-13(17(30)25-18-26-27-28-29(18)2)15(19(20,21)22)14(16(12)24-10)11-6-4-3-5-7-11/h3-9H,1-2H3,(H,25,26,28,30). The maximum absolute atomic E-state index is 14.3. The summed E-state index contributed by atoms with van der Waals surface area (Å²) in [6.07, 6.45) is -3.44. The van der Waals surface area contributed by atoms with Crippen molar-refractivity contribution in [2.24, 2.45) is 7.05 Å². The first-order chi connectivity index (χ1) is 14.3. The molecule has 2 aromatic heterocycles. The van der Waals surface area contributed by atoms with Crippen molar-refractivity contribution >= 4 is 22.8 Å². The molecule has 8 nitrogen and oxygen atoms in total. The summed E-state index contributed by atoms with van der Waals surface area (Å²) in [7, 11) is 1.45. The number of amides is 1. The summed E-state index contributed by atoms with van der Waals surface area (Å²) >= 11 is 0. The van der Waals surface area contributed by atoms with E-state index in [2.05, 4.69) is 30.8 Å². The number of alkyl halides is 3. The van der Waals surface area contributed by atoms with Crippen LogP contribution in [0.4, 0.5) is 19.1 Å². The highest BCUT2D eigenvalue weighted by molar-refractivity contribution is 6.10. The number of fused-ring (bicyclic) bond motifs is 1. The summed E-state index contributed by atoms with van der Waals surface area (Å²) in [4.78, 5) is 21.2. The topological polar surface area (TPSA) is 98.5 Å². The van der Waals surface area contributed by atoms with Gasteiger partial charge in [0.05, 0.1) is 16.6 Å². The Kier molecular flexibility index (Phi) is 4.65. The van der Waals surface area contributed by atoms with Gasteiger partial charge in [-0.1, -0.05) is 35.4 Å². The number of benzene rings is 2. The highest BCUT2D eigenvalue weighted by Crippen LogP contribution is 2.43. The fourth-order valence-electron chi connectivity index (χ4n) is 3.13. The number of anilines is 1. The number of hydrogen-bond donors (Lipinski definition) is 1. The Morgan fingerprint density at radius 3 is 2.53 bits per heavy atom. The number of tetrazole rings is 1. The van der Waals surface area contributed by atoms with Crippen LogP contribution in [0, 0.1) is 6.92 Å². The van der Waals surface area contributed by atoms with Gasteiger partial charge in [-0.3, -0.25) is 10.1 Å². The first kappa shape index (κ1) is 19.4. The third kappa shape index (κ3) is 3.45. The van der Waals surface area contributed by atoms with Crippen LogP contribution in [0.25, 0.3) is 22.0 Å². The molecule has 0 saturated carbocycles. The zero-order chi connectivity index (χ0) is 21.5. The first-order valence-electron chi connectivity index (χ1n) is 8.72. The second kappa shape index (κ2) is 7.17. The fourth-order valence-corrected chi connectivity index (χ4v) is 3.13. The minimum Gasteiger partial charge on any atom is -0.289 e. The Bertz CT molecular complexity index is 1250. The van der Waals surface area contributed by atoms with Crippen molar-refractivity contribution in [3.8, 4) is 11.1 Å². The average Bonchev–Trinajstić information content (AvgIpc) is 3.11. The quantitative estimate of drug-likeness (QED) is 0.553. The SMILES string of the molecule is Cc1ncc2cc(C(=O)Nc3nnnn3C)c(C(F)(F)F)c(-c3ccccc3)c2n1. The Balaban J connectivity index is 2.04. The number of aromatic nitrogens is 6. The number of aryl methyl sites for hydroxylation is 2. The van der Waals surface area contributed by atoms with Gasteiger partial charge in [0.25, 0.3) is 5.91 Å². The molecule has 11 heteroatoms. The van der Waals surface area contributed by atoms with Crippen molar-refractivity contribution in [2.75, 3.05) is 5.32 Å². The summed E-state index contributed by atoms with van der Waals surface area (Å²) in [5.74, 6) is -0.773. The molecule has 0 aliphatic carbocycles. The van der Waals surface area contributed by atoms with E-state index in [0.29, 0.717) is 11.2 Å². The number of nitrogens with zero attached hydrogens (tertiary/aromatic N) is 6. The van der Waals surface area contributed by atoms with Gasteiger partial charge in [-0.2, -0.15) is 13.2 Å². The average molecular weight is 413 g/mol. The molecule has 0 bridgehead atoms. The molecule has 2 aromatic carbocycles. The van der Waals surface area contributed by atoms with Crippen LogP contribution in [0.5, 0.6) is 0 Å². The molecule has 0 saturated heterocycles. The Hall–Kier alpha value is -3.89. The molecule has 1 amide bonds. The van der Waals surface area contributed by atoms with E-state index in [1.165, 1.54) is 25.4 Å². The van der Waals surface area contributed by atoms with Crippen LogP contribution in [0.2, 0.25) is 0 Å². The zero-order valence-corrected chi connectivity index (χ0v) is 15.8. The first-order valence-corrected chi connectivity index (χ1v) is 8.72. The van der Waals surface area contributed by atoms with Crippen molar-refractivity contribution < 1.29 is 18.0 Å². The molecule has 0 atom stereocenters. The molecule has 0 radical (unpaired) electrons. The third-order valence-corrected chi connectivity index (χ3v) is 4.43. The number of carbonyl (C=O) groups excluding carboxylic acids is 1. The number of halogens is 3. The molecule has 4 aromatic rings. The summed E-state index contributed by atoms with van der Waals surface area (Å²) in [5, 5.41) is 13.1. The van der Waals surface area contributed by atoms with Crippen LogP contribution >= 0.6 is 0 Å². The van der Waals surface area contributed by atoms with Crippen LogP contribution in [-0.4, -0.2) is 36.1 Å². The largest absolute Gasteiger partial charge is 0.417 e. The molecule has 0 fully saturated rings. The number of rotatable bonds is 3. The molecule has 0 unspecified atom stereocenters. The van der Waals surface area contributed by atoms with Crippen LogP contribution in [0.3, 0.4) is 0 Å². The lowest BCUT2D eigenvalue weighted by molar-refractivity contribution is -0.137. The predicted octanol–water partition coefficient (Wildman–Crippen LogP) is 3.40. The van der Waals surface area contributed by atoms with Crippen molar-refractivity contribution in [1.29, 1.82) is 0 Å². The van der Waals surface area contributed by atoms with Crippen molar-refractivity contribution in [2.45, 2.75) is 13.1 Å². The van der Waals surface area contributed by atoms with E-state index >= 15 is 0 Å². The van der Waals surface area contributed by atoms with Gasteiger partial charge >= 0.3 is 6.18 Å². The molecule has 1 N–H and O–H groups in total. The molecule has 0 aliphatic heterocycles. The second-order valence-corrected chi connectivity index (χ2v) is 6.47. The highest BCUT2D eigenvalue weighted by Gasteiger charge is 2.40. The summed E-state index contributed by atoms with van der Waals surface area (Å²) in [6, 6.07) is 9.13. The second-order valence-electron chi connectivity index (χ2n) is 6.47. The molecular formula is C19H14F3N7O. The molecule has 4 rings (SSSR count). The molecule has 152 valence electrons. The lowest BCUT2D eigenvalue weighted by atomic mass is 9.91. The normalized spacial score (nSPS) is 11.6. The van der Waals surface area contributed by atoms with Gasteiger partial charge in [0.15, 0.2) is 0 Å². The van der Waals surface area contributed by atoms with E-state index in [4.69, 9.17) is 0 Å².